The van der Waals surface area contributed by atoms with E-state index in [0.717, 1.165) is 0 Å². The zero-order chi connectivity index (χ0) is 5.28. The van der Waals surface area contributed by atoms with Crippen LogP contribution in [0.2, 0.25) is 0 Å². The summed E-state index contributed by atoms with van der Waals surface area (Å²) in [6.07, 6.45) is -2.65. The molecule has 1 aliphatic heterocycles. The number of ether oxygens (including phenoxy) is 2. The SMILES string of the molecule is O=C1O[CH-]C(F)O1.[Rf]. The Labute approximate surface area is 39.0 Å². The van der Waals surface area contributed by atoms with E-state index in [9.17, 15) is 9.18 Å². The quantitative estimate of drug-likeness (QED) is 0.462. The summed E-state index contributed by atoms with van der Waals surface area (Å²) < 4.78 is 19.2. The summed E-state index contributed by atoms with van der Waals surface area (Å²) in [4.78, 5) is 9.74. The van der Waals surface area contributed by atoms with Gasteiger partial charge in [-0.25, -0.2) is 9.18 Å². The maximum absolute atomic E-state index is 11.6. The van der Waals surface area contributed by atoms with Crippen LogP contribution in [-0.4, -0.2) is 12.5 Å². The van der Waals surface area contributed by atoms with Crippen LogP contribution in [0.3, 0.4) is 0 Å². The van der Waals surface area contributed by atoms with Crippen molar-refractivity contribution in [1.82, 2.24) is 0 Å². The molecule has 0 aromatic heterocycles. The molecule has 1 atom stereocenters. The summed E-state index contributed by atoms with van der Waals surface area (Å²) in [5.74, 6) is 0. The van der Waals surface area contributed by atoms with Crippen LogP contribution in [0.4, 0.5) is 9.18 Å². The predicted molar refractivity (Wildman–Crippen MR) is 16.8 cm³/mol. The van der Waals surface area contributed by atoms with E-state index in [-0.39, 0.29) is 0 Å². The van der Waals surface area contributed by atoms with Crippen molar-refractivity contribution in [3.63, 3.8) is 0 Å². The Bertz CT molecular complexity index is 96.5. The molecule has 1 rings (SSSR count). The molecule has 0 radical (unpaired) electrons. The van der Waals surface area contributed by atoms with E-state index in [2.05, 4.69) is 9.47 Å². The molecule has 0 spiro atoms. The van der Waals surface area contributed by atoms with Gasteiger partial charge in [-0.05, 0) is 0 Å². The average Bonchev–Trinajstić information content (AvgIpc) is 1.87. The van der Waals surface area contributed by atoms with Gasteiger partial charge in [-0.2, -0.15) is 0 Å². The fraction of sp³-hybridized carbons (Fsp3) is 0.333. The van der Waals surface area contributed by atoms with Gasteiger partial charge in [0.05, 0.1) is 0 Å². The van der Waals surface area contributed by atoms with Crippen LogP contribution in [0.25, 0.3) is 0 Å². The van der Waals surface area contributed by atoms with Gasteiger partial charge in [-0.15, -0.1) is 0 Å². The van der Waals surface area contributed by atoms with Gasteiger partial charge < -0.3 is 9.47 Å². The third-order valence-electron chi connectivity index (χ3n) is 0.480. The van der Waals surface area contributed by atoms with E-state index in [1.807, 2.05) is 0 Å². The second kappa shape index (κ2) is 1.77. The number of carbonyl (C=O) groups is 1. The predicted octanol–water partition coefficient (Wildman–Crippen LogP) is 0.611. The largest absolute Gasteiger partial charge is 0.600 e. The monoisotopic (exact) mass is 372 g/mol. The molecule has 0 aliphatic carbocycles. The first-order chi connectivity index (χ1) is 3.29. The van der Waals surface area contributed by atoms with Crippen molar-refractivity contribution in [3.8, 4) is 0 Å². The van der Waals surface area contributed by atoms with Gasteiger partial charge in [-0.3, -0.25) is 0 Å². The van der Waals surface area contributed by atoms with Crippen molar-refractivity contribution in [3.05, 3.63) is 6.61 Å². The van der Waals surface area contributed by atoms with E-state index in [0.29, 0.717) is 6.61 Å². The van der Waals surface area contributed by atoms with Crippen LogP contribution in [0.1, 0.15) is 0 Å². The number of hydrogen-bond acceptors (Lipinski definition) is 3. The van der Waals surface area contributed by atoms with Crippen molar-refractivity contribution >= 4 is 6.16 Å². The Balaban J connectivity index is 0.000000490. The summed E-state index contributed by atoms with van der Waals surface area (Å²) in [6.45, 7) is 0.683. The zero-order valence-corrected chi connectivity index (χ0v) is 10.4. The molecular formula is C3H2FO3Rf-. The third-order valence-corrected chi connectivity index (χ3v) is 0.480. The number of alkyl halides is 1. The van der Waals surface area contributed by atoms with Crippen molar-refractivity contribution in [2.45, 2.75) is 6.36 Å². The molecule has 1 saturated heterocycles. The van der Waals surface area contributed by atoms with Crippen molar-refractivity contribution in [2.24, 2.45) is 0 Å². The van der Waals surface area contributed by atoms with Gasteiger partial charge in [0.25, 0.3) is 0 Å². The van der Waals surface area contributed by atoms with Gasteiger partial charge >= 0.3 is 6.16 Å². The number of hydrogen-bond donors (Lipinski definition) is 0. The van der Waals surface area contributed by atoms with E-state index in [1.54, 1.807) is 0 Å². The fourth-order valence-corrected chi connectivity index (χ4v) is 0.257. The molecule has 1 aliphatic rings. The molecule has 0 bridgehead atoms. The molecular weight excluding hydrogens is 370 g/mol. The van der Waals surface area contributed by atoms with Crippen LogP contribution in [-0.2, 0) is 9.47 Å². The van der Waals surface area contributed by atoms with Crippen LogP contribution in [0.15, 0.2) is 0 Å². The number of cyclic esters (lactones) is 2. The van der Waals surface area contributed by atoms with E-state index >= 15 is 0 Å². The molecule has 0 amide bonds. The van der Waals surface area contributed by atoms with Crippen molar-refractivity contribution < 1.29 is 18.7 Å². The smallest absolute Gasteiger partial charge is 0.476 e. The van der Waals surface area contributed by atoms with Gasteiger partial charge in [-0.1, -0.05) is 6.61 Å². The Hall–Kier alpha value is -1.80. The van der Waals surface area contributed by atoms with Crippen LogP contribution < -0.4 is 0 Å². The molecule has 5 heteroatoms. The number of carbonyl (C=O) groups excluding carboxylic acids is 1. The van der Waals surface area contributed by atoms with E-state index < -0.39 is 12.5 Å². The van der Waals surface area contributed by atoms with Gasteiger partial charge in [0.1, 0.15) is 0 Å². The minimum absolute atomic E-state index is 0. The van der Waals surface area contributed by atoms with E-state index in [1.165, 1.54) is 0 Å². The van der Waals surface area contributed by atoms with Gasteiger partial charge in [0, 0.05) is 0 Å². The first kappa shape index (κ1) is 6.20. The standard InChI is InChI=1S/C3H2FO3.Rf/c4-2-1-6-3(5)7-2;/h1-2H;/q-1;. The molecule has 42 valence electrons. The van der Waals surface area contributed by atoms with Gasteiger partial charge in [0.2, 0.25) is 0 Å². The maximum atomic E-state index is 11.6. The summed E-state index contributed by atoms with van der Waals surface area (Å²) in [7, 11) is 0. The molecule has 0 aromatic carbocycles. The molecule has 1 heterocycles. The molecule has 1 fully saturated rings. The minimum atomic E-state index is -1.67. The summed E-state index contributed by atoms with van der Waals surface area (Å²) in [6, 6.07) is 0. The number of rotatable bonds is 0. The summed E-state index contributed by atoms with van der Waals surface area (Å²) in [5, 5.41) is 0. The molecule has 0 saturated carbocycles. The molecule has 0 aromatic rings. The Morgan fingerprint density at radius 1 is 1.75 bits per heavy atom. The minimum Gasteiger partial charge on any atom is -0.600 e. The second-order valence-electron chi connectivity index (χ2n) is 0.973. The normalized spacial score (nSPS) is 25.6. The molecule has 8 heavy (non-hydrogen) atoms. The third kappa shape index (κ3) is 0.830. The number of halogens is 1. The van der Waals surface area contributed by atoms with Crippen LogP contribution >= 0.6 is 0 Å². The molecule has 0 N–H and O–H groups in total. The second-order valence-corrected chi connectivity index (χ2v) is 0.973. The van der Waals surface area contributed by atoms with Gasteiger partial charge in [0.15, 0.2) is 6.36 Å². The average molecular weight is 372 g/mol. The zero-order valence-electron chi connectivity index (χ0n) is 3.96. The van der Waals surface area contributed by atoms with Crippen LogP contribution in [0, 0.1) is 6.61 Å². The first-order valence-electron chi connectivity index (χ1n) is 1.64. The molecule has 1 unspecified atom stereocenters. The fourth-order valence-electron chi connectivity index (χ4n) is 0.257. The van der Waals surface area contributed by atoms with Crippen molar-refractivity contribution in [1.29, 1.82) is 0 Å². The Kier molecular flexibility index (Phi) is 1.37. The topological polar surface area (TPSA) is 35.5 Å². The first-order valence-corrected chi connectivity index (χ1v) is 1.64. The van der Waals surface area contributed by atoms with Crippen molar-refractivity contribution in [2.75, 3.05) is 0 Å². The van der Waals surface area contributed by atoms with Crippen LogP contribution in [0.5, 0.6) is 0 Å². The Morgan fingerprint density at radius 3 is 2.50 bits per heavy atom. The summed E-state index contributed by atoms with van der Waals surface area (Å²) in [5.41, 5.74) is 0. The maximum Gasteiger partial charge on any atom is 0.476 e. The van der Waals surface area contributed by atoms with E-state index in [4.69, 9.17) is 0 Å². The summed E-state index contributed by atoms with van der Waals surface area (Å²) >= 11 is 0. The molecule has 3 nitrogen and oxygen atoms in total. The Morgan fingerprint density at radius 2 is 2.38 bits per heavy atom.